The van der Waals surface area contributed by atoms with Gasteiger partial charge in [-0.05, 0) is 61.9 Å². The van der Waals surface area contributed by atoms with Crippen molar-refractivity contribution < 1.29 is 19.1 Å². The van der Waals surface area contributed by atoms with Crippen molar-refractivity contribution in [3.63, 3.8) is 0 Å². The Morgan fingerprint density at radius 3 is 2.13 bits per heavy atom. The number of hydrogen-bond acceptors (Lipinski definition) is 5. The second-order valence-corrected chi connectivity index (χ2v) is 8.06. The normalized spacial score (nSPS) is 16.9. The lowest BCUT2D eigenvalue weighted by atomic mass is 9.98. The van der Waals surface area contributed by atoms with E-state index in [1.165, 1.54) is 12.0 Å². The second kappa shape index (κ2) is 8.46. The summed E-state index contributed by atoms with van der Waals surface area (Å²) >= 11 is 0. The lowest BCUT2D eigenvalue weighted by molar-refractivity contribution is -0.120. The van der Waals surface area contributed by atoms with E-state index in [4.69, 9.17) is 9.47 Å². The Balaban J connectivity index is 1.83. The first-order valence-electron chi connectivity index (χ1n) is 10.6. The van der Waals surface area contributed by atoms with Gasteiger partial charge < -0.3 is 14.4 Å². The van der Waals surface area contributed by atoms with Gasteiger partial charge in [0.1, 0.15) is 5.70 Å². The molecule has 6 heteroatoms. The molecule has 162 valence electrons. The molecule has 4 rings (SSSR count). The van der Waals surface area contributed by atoms with Gasteiger partial charge in [-0.3, -0.25) is 9.59 Å². The second-order valence-electron chi connectivity index (χ2n) is 8.06. The Morgan fingerprint density at radius 2 is 1.48 bits per heavy atom. The highest BCUT2D eigenvalue weighted by Gasteiger charge is 2.43. The third-order valence-corrected chi connectivity index (χ3v) is 6.15. The third-order valence-electron chi connectivity index (χ3n) is 6.15. The number of benzene rings is 2. The fourth-order valence-electron chi connectivity index (χ4n) is 4.28. The minimum absolute atomic E-state index is 0.285. The van der Waals surface area contributed by atoms with Gasteiger partial charge in [-0.2, -0.15) is 0 Å². The molecule has 0 aromatic heterocycles. The average Bonchev–Trinajstić information content (AvgIpc) is 3.05. The maximum absolute atomic E-state index is 13.7. The van der Waals surface area contributed by atoms with E-state index in [-0.39, 0.29) is 11.8 Å². The predicted molar refractivity (Wildman–Crippen MR) is 120 cm³/mol. The van der Waals surface area contributed by atoms with E-state index in [1.54, 1.807) is 25.3 Å². The van der Waals surface area contributed by atoms with Crippen molar-refractivity contribution in [2.45, 2.75) is 33.1 Å². The molecular weight excluding hydrogens is 392 g/mol. The number of carbonyl (C=O) groups is 2. The van der Waals surface area contributed by atoms with E-state index >= 15 is 0 Å². The summed E-state index contributed by atoms with van der Waals surface area (Å²) in [5, 5.41) is 0. The number of nitrogens with zero attached hydrogens (tertiary/aromatic N) is 2. The Kier molecular flexibility index (Phi) is 5.72. The van der Waals surface area contributed by atoms with Crippen LogP contribution in [0.2, 0.25) is 0 Å². The molecule has 2 heterocycles. The molecule has 1 fully saturated rings. The number of likely N-dealkylation sites (tertiary alicyclic amines) is 1. The van der Waals surface area contributed by atoms with E-state index < -0.39 is 0 Å². The lowest BCUT2D eigenvalue weighted by Gasteiger charge is -2.29. The minimum Gasteiger partial charge on any atom is -0.493 e. The highest BCUT2D eigenvalue weighted by Crippen LogP contribution is 2.39. The van der Waals surface area contributed by atoms with Gasteiger partial charge >= 0.3 is 0 Å². The molecule has 2 amide bonds. The average molecular weight is 421 g/mol. The van der Waals surface area contributed by atoms with Gasteiger partial charge in [0.2, 0.25) is 0 Å². The van der Waals surface area contributed by atoms with Gasteiger partial charge in [-0.15, -0.1) is 0 Å². The smallest absolute Gasteiger partial charge is 0.282 e. The standard InChI is InChI=1S/C25H28N2O4/c1-16-8-9-18(14-17(16)2)22-23(26-12-6-5-7-13-26)25(29)27(24(22)28)19-10-11-20(30-3)21(15-19)31-4/h8-11,14-15H,5-7,12-13H2,1-4H3. The summed E-state index contributed by atoms with van der Waals surface area (Å²) in [6.45, 7) is 5.62. The van der Waals surface area contributed by atoms with Crippen LogP contribution in [0.5, 0.6) is 11.5 Å². The molecule has 0 atom stereocenters. The van der Waals surface area contributed by atoms with E-state index in [0.717, 1.165) is 49.0 Å². The van der Waals surface area contributed by atoms with Crippen LogP contribution >= 0.6 is 0 Å². The van der Waals surface area contributed by atoms with Crippen molar-refractivity contribution in [1.82, 2.24) is 4.90 Å². The Bertz CT molecular complexity index is 1070. The molecule has 31 heavy (non-hydrogen) atoms. The highest BCUT2D eigenvalue weighted by molar-refractivity contribution is 6.45. The van der Waals surface area contributed by atoms with Gasteiger partial charge in [0, 0.05) is 19.2 Å². The van der Waals surface area contributed by atoms with E-state index in [1.807, 2.05) is 32.0 Å². The number of rotatable bonds is 5. The molecule has 0 unspecified atom stereocenters. The number of piperidine rings is 1. The summed E-state index contributed by atoms with van der Waals surface area (Å²) in [5.41, 5.74) is 4.48. The molecule has 0 radical (unpaired) electrons. The van der Waals surface area contributed by atoms with Crippen LogP contribution in [-0.4, -0.2) is 44.0 Å². The van der Waals surface area contributed by atoms with E-state index in [0.29, 0.717) is 28.5 Å². The predicted octanol–water partition coefficient (Wildman–Crippen LogP) is 4.09. The number of carbonyl (C=O) groups excluding carboxylic acids is 2. The zero-order valence-electron chi connectivity index (χ0n) is 18.5. The molecular formula is C25H28N2O4. The lowest BCUT2D eigenvalue weighted by Crippen LogP contribution is -2.37. The molecule has 0 spiro atoms. The van der Waals surface area contributed by atoms with Crippen molar-refractivity contribution in [3.05, 3.63) is 58.8 Å². The first-order valence-corrected chi connectivity index (χ1v) is 10.6. The van der Waals surface area contributed by atoms with Crippen LogP contribution in [0.25, 0.3) is 5.57 Å². The summed E-state index contributed by atoms with van der Waals surface area (Å²) in [5.74, 6) is 0.428. The topological polar surface area (TPSA) is 59.1 Å². The summed E-state index contributed by atoms with van der Waals surface area (Å²) in [6, 6.07) is 11.0. The first-order chi connectivity index (χ1) is 15.0. The van der Waals surface area contributed by atoms with Crippen molar-refractivity contribution in [2.75, 3.05) is 32.2 Å². The van der Waals surface area contributed by atoms with Gasteiger partial charge in [0.25, 0.3) is 11.8 Å². The Labute approximate surface area is 183 Å². The number of ether oxygens (including phenoxy) is 2. The zero-order valence-corrected chi connectivity index (χ0v) is 18.5. The van der Waals surface area contributed by atoms with Crippen LogP contribution in [-0.2, 0) is 9.59 Å². The molecule has 2 aliphatic rings. The largest absolute Gasteiger partial charge is 0.493 e. The molecule has 0 bridgehead atoms. The van der Waals surface area contributed by atoms with Crippen LogP contribution in [0.3, 0.4) is 0 Å². The molecule has 2 aliphatic heterocycles. The summed E-state index contributed by atoms with van der Waals surface area (Å²) in [4.78, 5) is 30.6. The minimum atomic E-state index is -0.305. The van der Waals surface area contributed by atoms with E-state index in [2.05, 4.69) is 4.90 Å². The molecule has 6 nitrogen and oxygen atoms in total. The Morgan fingerprint density at radius 1 is 0.774 bits per heavy atom. The van der Waals surface area contributed by atoms with Crippen molar-refractivity contribution in [3.8, 4) is 11.5 Å². The van der Waals surface area contributed by atoms with Crippen LogP contribution in [0.1, 0.15) is 36.0 Å². The van der Waals surface area contributed by atoms with Gasteiger partial charge in [0.15, 0.2) is 11.5 Å². The fourth-order valence-corrected chi connectivity index (χ4v) is 4.28. The summed E-state index contributed by atoms with van der Waals surface area (Å²) in [6.07, 6.45) is 3.17. The number of aryl methyl sites for hydroxylation is 2. The molecule has 0 N–H and O–H groups in total. The van der Waals surface area contributed by atoms with Gasteiger partial charge in [0.05, 0.1) is 25.5 Å². The number of hydrogen-bond donors (Lipinski definition) is 0. The molecule has 2 aromatic carbocycles. The fraction of sp³-hybridized carbons (Fsp3) is 0.360. The van der Waals surface area contributed by atoms with Crippen molar-refractivity contribution in [2.24, 2.45) is 0 Å². The highest BCUT2D eigenvalue weighted by atomic mass is 16.5. The van der Waals surface area contributed by atoms with Crippen molar-refractivity contribution >= 4 is 23.1 Å². The van der Waals surface area contributed by atoms with Crippen LogP contribution in [0.15, 0.2) is 42.1 Å². The monoisotopic (exact) mass is 420 g/mol. The molecule has 0 aliphatic carbocycles. The number of imide groups is 1. The van der Waals surface area contributed by atoms with Gasteiger partial charge in [-0.25, -0.2) is 4.90 Å². The quantitative estimate of drug-likeness (QED) is 0.682. The van der Waals surface area contributed by atoms with Crippen LogP contribution < -0.4 is 14.4 Å². The van der Waals surface area contributed by atoms with Crippen LogP contribution in [0, 0.1) is 13.8 Å². The SMILES string of the molecule is COc1ccc(N2C(=O)C(c3ccc(C)c(C)c3)=C(N3CCCCC3)C2=O)cc1OC. The number of anilines is 1. The molecule has 0 saturated carbocycles. The maximum Gasteiger partial charge on any atom is 0.282 e. The van der Waals surface area contributed by atoms with Gasteiger partial charge in [-0.1, -0.05) is 18.2 Å². The van der Waals surface area contributed by atoms with Crippen LogP contribution in [0.4, 0.5) is 5.69 Å². The van der Waals surface area contributed by atoms with E-state index in [9.17, 15) is 9.59 Å². The third kappa shape index (κ3) is 3.67. The number of methoxy groups -OCH3 is 2. The summed E-state index contributed by atoms with van der Waals surface area (Å²) in [7, 11) is 3.09. The Hall–Kier alpha value is -3.28. The molecule has 1 saturated heterocycles. The summed E-state index contributed by atoms with van der Waals surface area (Å²) < 4.78 is 10.7. The zero-order chi connectivity index (χ0) is 22.1. The van der Waals surface area contributed by atoms with Crippen molar-refractivity contribution in [1.29, 1.82) is 0 Å². The number of amides is 2. The maximum atomic E-state index is 13.7. The first kappa shape index (κ1) is 21.0. The molecule has 2 aromatic rings.